The second-order valence-electron chi connectivity index (χ2n) is 5.13. The van der Waals surface area contributed by atoms with E-state index in [4.69, 9.17) is 0 Å². The maximum absolute atomic E-state index is 9.43. The third-order valence-corrected chi connectivity index (χ3v) is 4.64. The normalized spacial score (nSPS) is 40.4. The van der Waals surface area contributed by atoms with Crippen LogP contribution >= 0.6 is 0 Å². The fraction of sp³-hybridized carbons (Fsp3) is 1.00. The first-order valence-corrected chi connectivity index (χ1v) is 6.29. The molecule has 2 nitrogen and oxygen atoms in total. The van der Waals surface area contributed by atoms with Crippen LogP contribution in [-0.2, 0) is 0 Å². The fourth-order valence-corrected chi connectivity index (χ4v) is 3.80. The lowest BCUT2D eigenvalue weighted by atomic mass is 9.81. The van der Waals surface area contributed by atoms with Gasteiger partial charge in [-0.2, -0.15) is 0 Å². The molecule has 0 bridgehead atoms. The molecule has 3 heteroatoms. The van der Waals surface area contributed by atoms with E-state index in [2.05, 4.69) is 6.92 Å². The molecule has 0 aromatic heterocycles. The highest BCUT2D eigenvalue weighted by atomic mass is 127. The number of hydrogen-bond donors (Lipinski definition) is 1. The van der Waals surface area contributed by atoms with Crippen molar-refractivity contribution in [3.05, 3.63) is 0 Å². The number of aliphatic hydroxyl groups is 1. The van der Waals surface area contributed by atoms with Gasteiger partial charge in [0, 0.05) is 12.3 Å². The van der Waals surface area contributed by atoms with Crippen molar-refractivity contribution in [3.8, 4) is 0 Å². The number of halogens is 1. The quantitative estimate of drug-likeness (QED) is 0.499. The van der Waals surface area contributed by atoms with Crippen LogP contribution in [0.15, 0.2) is 0 Å². The van der Waals surface area contributed by atoms with Gasteiger partial charge in [0.1, 0.15) is 0 Å². The van der Waals surface area contributed by atoms with Gasteiger partial charge in [0.05, 0.1) is 32.3 Å². The number of fused-ring (bicyclic) bond motifs is 1. The Kier molecular flexibility index (Phi) is 5.32. The van der Waals surface area contributed by atoms with E-state index in [9.17, 15) is 5.11 Å². The van der Waals surface area contributed by atoms with Crippen molar-refractivity contribution in [1.82, 2.24) is 0 Å². The Morgan fingerprint density at radius 2 is 1.87 bits per heavy atom. The van der Waals surface area contributed by atoms with E-state index in [0.29, 0.717) is 12.5 Å². The van der Waals surface area contributed by atoms with E-state index in [1.165, 1.54) is 56.2 Å². The molecule has 1 unspecified atom stereocenters. The number of quaternary nitrogens is 1. The van der Waals surface area contributed by atoms with Gasteiger partial charge in [0.25, 0.3) is 0 Å². The van der Waals surface area contributed by atoms with Crippen LogP contribution in [0.25, 0.3) is 0 Å². The molecular weight excluding hydrogens is 301 g/mol. The van der Waals surface area contributed by atoms with Gasteiger partial charge in [0.15, 0.2) is 0 Å². The van der Waals surface area contributed by atoms with E-state index in [1.54, 1.807) is 0 Å². The summed E-state index contributed by atoms with van der Waals surface area (Å²) in [6.45, 7) is 6.78. The molecule has 0 aliphatic carbocycles. The summed E-state index contributed by atoms with van der Waals surface area (Å²) in [5.41, 5.74) is 0. The molecule has 2 saturated heterocycles. The zero-order valence-corrected chi connectivity index (χ0v) is 11.9. The van der Waals surface area contributed by atoms with Crippen molar-refractivity contribution in [3.63, 3.8) is 0 Å². The second kappa shape index (κ2) is 5.82. The maximum atomic E-state index is 9.43. The average Bonchev–Trinajstić information content (AvgIpc) is 2.28. The number of aliphatic hydroxyl groups excluding tert-OH is 1. The lowest BCUT2D eigenvalue weighted by molar-refractivity contribution is -0.963. The van der Waals surface area contributed by atoms with Crippen LogP contribution in [0.3, 0.4) is 0 Å². The first kappa shape index (κ1) is 13.7. The zero-order chi connectivity index (χ0) is 10.0. The predicted octanol–water partition coefficient (Wildman–Crippen LogP) is -1.22. The molecule has 0 spiro atoms. The van der Waals surface area contributed by atoms with E-state index in [0.717, 1.165) is 6.04 Å². The largest absolute Gasteiger partial charge is 1.00 e. The molecule has 2 aliphatic rings. The van der Waals surface area contributed by atoms with E-state index in [-0.39, 0.29) is 24.0 Å². The average molecular weight is 325 g/mol. The Morgan fingerprint density at radius 3 is 2.53 bits per heavy atom. The molecule has 2 rings (SSSR count). The summed E-state index contributed by atoms with van der Waals surface area (Å²) in [6.07, 6.45) is 6.75. The number of rotatable bonds is 2. The minimum absolute atomic E-state index is 0. The van der Waals surface area contributed by atoms with Crippen LogP contribution in [0.1, 0.15) is 39.0 Å². The molecule has 1 N–H and O–H groups in total. The summed E-state index contributed by atoms with van der Waals surface area (Å²) >= 11 is 0. The SMILES string of the molecule is CC[N+]12CCCC[C@@H]1[C@H](CO)CCC2.[I-]. The molecule has 15 heavy (non-hydrogen) atoms. The van der Waals surface area contributed by atoms with Crippen LogP contribution in [0.5, 0.6) is 0 Å². The van der Waals surface area contributed by atoms with E-state index < -0.39 is 0 Å². The summed E-state index contributed by atoms with van der Waals surface area (Å²) in [4.78, 5) is 0. The van der Waals surface area contributed by atoms with Gasteiger partial charge in [-0.15, -0.1) is 0 Å². The van der Waals surface area contributed by atoms with Gasteiger partial charge in [-0.1, -0.05) is 0 Å². The van der Waals surface area contributed by atoms with Gasteiger partial charge in [-0.25, -0.2) is 0 Å². The standard InChI is InChI=1S/C12H24NO.HI/c1-2-13-8-4-3-7-12(13)11(10-14)6-5-9-13;/h11-12,14H,2-10H2,1H3;1H/q+1;/p-1/t11-,12+,13?;/m0./s1. The summed E-state index contributed by atoms with van der Waals surface area (Å²) in [5, 5.41) is 9.43. The molecule has 90 valence electrons. The minimum Gasteiger partial charge on any atom is -1.00 e. The zero-order valence-electron chi connectivity index (χ0n) is 9.79. The molecular formula is C12H24INO. The minimum atomic E-state index is 0. The lowest BCUT2D eigenvalue weighted by Crippen LogP contribution is -3.00. The fourth-order valence-electron chi connectivity index (χ4n) is 3.80. The first-order valence-electron chi connectivity index (χ1n) is 6.29. The third kappa shape index (κ3) is 2.50. The highest BCUT2D eigenvalue weighted by molar-refractivity contribution is 4.78. The second-order valence-corrected chi connectivity index (χ2v) is 5.13. The van der Waals surface area contributed by atoms with Crippen molar-refractivity contribution in [2.75, 3.05) is 26.2 Å². The summed E-state index contributed by atoms with van der Waals surface area (Å²) < 4.78 is 1.32. The predicted molar refractivity (Wildman–Crippen MR) is 58.0 cm³/mol. The highest BCUT2D eigenvalue weighted by Crippen LogP contribution is 2.36. The molecule has 0 radical (unpaired) electrons. The van der Waals surface area contributed by atoms with Gasteiger partial charge < -0.3 is 33.6 Å². The lowest BCUT2D eigenvalue weighted by Gasteiger charge is -2.53. The Morgan fingerprint density at radius 1 is 1.13 bits per heavy atom. The topological polar surface area (TPSA) is 20.2 Å². The van der Waals surface area contributed by atoms with Crippen LogP contribution in [0, 0.1) is 5.92 Å². The Hall–Kier alpha value is 0.650. The molecule has 0 aromatic rings. The molecule has 0 amide bonds. The maximum Gasteiger partial charge on any atom is 0.0941 e. The van der Waals surface area contributed by atoms with Crippen LogP contribution in [-0.4, -0.2) is 41.9 Å². The molecule has 0 aromatic carbocycles. The summed E-state index contributed by atoms with van der Waals surface area (Å²) in [5.74, 6) is 0.601. The van der Waals surface area contributed by atoms with E-state index >= 15 is 0 Å². The van der Waals surface area contributed by atoms with Crippen LogP contribution in [0.2, 0.25) is 0 Å². The number of piperidine rings is 2. The van der Waals surface area contributed by atoms with Crippen LogP contribution < -0.4 is 24.0 Å². The molecule has 2 heterocycles. The third-order valence-electron chi connectivity index (χ3n) is 4.64. The summed E-state index contributed by atoms with van der Waals surface area (Å²) in [7, 11) is 0. The molecule has 0 saturated carbocycles. The molecule has 3 atom stereocenters. The van der Waals surface area contributed by atoms with E-state index in [1.807, 2.05) is 0 Å². The van der Waals surface area contributed by atoms with Gasteiger partial charge in [-0.05, 0) is 32.6 Å². The van der Waals surface area contributed by atoms with Crippen LogP contribution in [0.4, 0.5) is 0 Å². The molecule has 2 fully saturated rings. The highest BCUT2D eigenvalue weighted by Gasteiger charge is 2.44. The van der Waals surface area contributed by atoms with Crippen molar-refractivity contribution < 1.29 is 33.6 Å². The van der Waals surface area contributed by atoms with Crippen molar-refractivity contribution in [1.29, 1.82) is 0 Å². The van der Waals surface area contributed by atoms with Crippen molar-refractivity contribution >= 4 is 0 Å². The summed E-state index contributed by atoms with van der Waals surface area (Å²) in [6, 6.07) is 0.785. The van der Waals surface area contributed by atoms with Crippen molar-refractivity contribution in [2.24, 2.45) is 5.92 Å². The van der Waals surface area contributed by atoms with Crippen molar-refractivity contribution in [2.45, 2.75) is 45.1 Å². The van der Waals surface area contributed by atoms with Gasteiger partial charge in [0.2, 0.25) is 0 Å². The smallest absolute Gasteiger partial charge is 0.0941 e. The Balaban J connectivity index is 0.00000112. The van der Waals surface area contributed by atoms with Gasteiger partial charge in [-0.3, -0.25) is 0 Å². The number of nitrogens with zero attached hydrogens (tertiary/aromatic N) is 1. The Bertz CT molecular complexity index is 196. The molecule has 2 aliphatic heterocycles. The monoisotopic (exact) mass is 325 g/mol. The number of hydrogen-bond acceptors (Lipinski definition) is 1. The van der Waals surface area contributed by atoms with Gasteiger partial charge >= 0.3 is 0 Å². The Labute approximate surface area is 111 Å². The first-order chi connectivity index (χ1) is 6.82.